The van der Waals surface area contributed by atoms with Crippen LogP contribution in [-0.2, 0) is 46.3 Å². The molecule has 19 nitrogen and oxygen atoms in total. The molecule has 8 atom stereocenters. The Morgan fingerprint density at radius 2 is 1.46 bits per heavy atom. The number of aromatic nitrogens is 2. The SMILES string of the molecule is CC/C=C/CC(O)/C=C/C=C/CCCCCCCC(=O)O[C@H](COC(=O)CCCCCCCCCCC(C)C)COP(=O)(O)OP(=O)(O)OC[C@H]1O[C@@H](n2ccc(N)nc2=O)[C@H](O)[C@@H]1O. The molecule has 65 heavy (non-hydrogen) atoms. The highest BCUT2D eigenvalue weighted by atomic mass is 31.3. The lowest BCUT2D eigenvalue weighted by Crippen LogP contribution is -2.36. The number of phosphoric acid groups is 2. The number of nitrogens with zero attached hydrogens (tertiary/aromatic N) is 2. The van der Waals surface area contributed by atoms with Gasteiger partial charge in [-0.15, -0.1) is 0 Å². The Bertz CT molecular complexity index is 1760. The lowest BCUT2D eigenvalue weighted by molar-refractivity contribution is -0.161. The fourth-order valence-corrected chi connectivity index (χ4v) is 8.76. The first-order valence-electron chi connectivity index (χ1n) is 23.0. The molecule has 1 aromatic heterocycles. The summed E-state index contributed by atoms with van der Waals surface area (Å²) >= 11 is 0. The van der Waals surface area contributed by atoms with Gasteiger partial charge >= 0.3 is 33.3 Å². The van der Waals surface area contributed by atoms with E-state index < -0.39 is 89.8 Å². The first kappa shape index (κ1) is 58.1. The standard InChI is InChI=1S/C44H75N3O16P2/c1-4-5-19-25-35(48)26-21-16-12-7-6-8-14-18-23-28-40(50)61-36(31-58-39(49)27-22-17-13-10-9-11-15-20-24-34(2)3)32-59-64(54,55)63-65(56,57)60-33-37-41(51)42(52)43(62-37)47-30-29-38(45)46-44(47)53/h5,12,16,19,21,26,29-30,34-37,41-43,48,51-52H,4,6-11,13-15,17-18,20,22-25,27-28,31-33H2,1-3H3,(H,54,55)(H,56,57)(H2,45,46,53)/b16-12+,19-5+,26-21+/t35?,36-,37-,41-,42-,43-/m1/s1. The highest BCUT2D eigenvalue weighted by Crippen LogP contribution is 2.60. The molecule has 7 N–H and O–H groups in total. The van der Waals surface area contributed by atoms with Gasteiger partial charge in [0.25, 0.3) is 0 Å². The molecular formula is C44H75N3O16P2. The number of aliphatic hydroxyl groups excluding tert-OH is 3. The molecule has 3 unspecified atom stereocenters. The average molecular weight is 964 g/mol. The van der Waals surface area contributed by atoms with Crippen molar-refractivity contribution >= 4 is 33.4 Å². The summed E-state index contributed by atoms with van der Waals surface area (Å²) in [5.41, 5.74) is 4.57. The summed E-state index contributed by atoms with van der Waals surface area (Å²) in [5, 5.41) is 30.8. The van der Waals surface area contributed by atoms with Crippen molar-refractivity contribution < 1.29 is 71.4 Å². The van der Waals surface area contributed by atoms with Gasteiger partial charge in [-0.3, -0.25) is 23.2 Å². The second-order valence-electron chi connectivity index (χ2n) is 16.6. The summed E-state index contributed by atoms with van der Waals surface area (Å²) in [6.45, 7) is 4.13. The van der Waals surface area contributed by atoms with Gasteiger partial charge in [0.1, 0.15) is 30.7 Å². The number of hydrogen-bond donors (Lipinski definition) is 6. The topological polar surface area (TPSA) is 286 Å². The highest BCUT2D eigenvalue weighted by molar-refractivity contribution is 7.61. The van der Waals surface area contributed by atoms with Crippen molar-refractivity contribution in [3.05, 3.63) is 59.2 Å². The number of esters is 2. The summed E-state index contributed by atoms with van der Waals surface area (Å²) in [6.07, 6.45) is 20.2. The zero-order valence-electron chi connectivity index (χ0n) is 38.3. The fraction of sp³-hybridized carbons (Fsp3) is 0.727. The van der Waals surface area contributed by atoms with Gasteiger partial charge < -0.3 is 45.1 Å². The van der Waals surface area contributed by atoms with Crippen LogP contribution < -0.4 is 11.4 Å². The number of anilines is 1. The number of allylic oxidation sites excluding steroid dienone is 4. The van der Waals surface area contributed by atoms with Crippen molar-refractivity contribution in [2.24, 2.45) is 5.92 Å². The lowest BCUT2D eigenvalue weighted by Gasteiger charge is -2.21. The Balaban J connectivity index is 1.85. The van der Waals surface area contributed by atoms with Crippen LogP contribution in [0.5, 0.6) is 0 Å². The summed E-state index contributed by atoms with van der Waals surface area (Å²) in [4.78, 5) is 61.7. The van der Waals surface area contributed by atoms with Crippen molar-refractivity contribution in [3.63, 3.8) is 0 Å². The van der Waals surface area contributed by atoms with Crippen LogP contribution in [0.1, 0.15) is 149 Å². The zero-order chi connectivity index (χ0) is 48.1. The Kier molecular flexibility index (Phi) is 29.1. The minimum atomic E-state index is -5.43. The molecule has 372 valence electrons. The average Bonchev–Trinajstić information content (AvgIpc) is 3.52. The Hall–Kier alpha value is -3.06. The largest absolute Gasteiger partial charge is 0.481 e. The highest BCUT2D eigenvalue weighted by Gasteiger charge is 2.46. The van der Waals surface area contributed by atoms with Crippen molar-refractivity contribution in [2.75, 3.05) is 25.6 Å². The molecule has 21 heteroatoms. The van der Waals surface area contributed by atoms with Crippen LogP contribution in [0.3, 0.4) is 0 Å². The third-order valence-corrected chi connectivity index (χ3v) is 12.8. The molecule has 1 saturated heterocycles. The zero-order valence-corrected chi connectivity index (χ0v) is 40.1. The number of carbonyl (C=O) groups is 2. The number of phosphoric ester groups is 2. The van der Waals surface area contributed by atoms with E-state index in [-0.39, 0.29) is 18.7 Å². The van der Waals surface area contributed by atoms with Gasteiger partial charge in [-0.2, -0.15) is 9.29 Å². The van der Waals surface area contributed by atoms with Crippen molar-refractivity contribution in [3.8, 4) is 0 Å². The number of unbranched alkanes of at least 4 members (excludes halogenated alkanes) is 12. The number of ether oxygens (including phenoxy) is 3. The van der Waals surface area contributed by atoms with Crippen molar-refractivity contribution in [2.45, 2.75) is 180 Å². The molecule has 1 aromatic rings. The van der Waals surface area contributed by atoms with E-state index in [1.165, 1.54) is 31.7 Å². The molecule has 1 aliphatic heterocycles. The van der Waals surface area contributed by atoms with Gasteiger partial charge in [-0.1, -0.05) is 128 Å². The first-order valence-corrected chi connectivity index (χ1v) is 26.0. The number of carbonyl (C=O) groups excluding carboxylic acids is 2. The van der Waals surface area contributed by atoms with E-state index in [2.05, 4.69) is 23.1 Å². The molecule has 1 aliphatic rings. The summed E-state index contributed by atoms with van der Waals surface area (Å²) in [7, 11) is -10.9. The minimum absolute atomic E-state index is 0.00370. The first-order chi connectivity index (χ1) is 30.9. The molecule has 0 saturated carbocycles. The van der Waals surface area contributed by atoms with E-state index in [1.807, 2.05) is 37.3 Å². The van der Waals surface area contributed by atoms with E-state index in [0.29, 0.717) is 25.2 Å². The van der Waals surface area contributed by atoms with Gasteiger partial charge in [-0.05, 0) is 50.5 Å². The Labute approximate surface area is 383 Å². The Morgan fingerprint density at radius 3 is 2.11 bits per heavy atom. The smallest absolute Gasteiger partial charge is 0.462 e. The molecule has 0 amide bonds. The molecular weight excluding hydrogens is 888 g/mol. The van der Waals surface area contributed by atoms with E-state index in [1.54, 1.807) is 6.08 Å². The number of hydrogen-bond acceptors (Lipinski definition) is 16. The predicted octanol–water partition coefficient (Wildman–Crippen LogP) is 7.27. The van der Waals surface area contributed by atoms with Crippen LogP contribution in [0.15, 0.2) is 53.5 Å². The summed E-state index contributed by atoms with van der Waals surface area (Å²) in [6, 6.07) is 1.24. The molecule has 0 aliphatic carbocycles. The number of nitrogen functional groups attached to an aromatic ring is 1. The molecule has 2 rings (SSSR count). The summed E-state index contributed by atoms with van der Waals surface area (Å²) in [5.74, 6) is -0.644. The van der Waals surface area contributed by atoms with Gasteiger partial charge in [-0.25, -0.2) is 13.9 Å². The van der Waals surface area contributed by atoms with Crippen LogP contribution in [-0.4, -0.2) is 96.9 Å². The normalized spacial score (nSPS) is 20.7. The van der Waals surface area contributed by atoms with Gasteiger partial charge in [0.15, 0.2) is 12.3 Å². The van der Waals surface area contributed by atoms with Crippen molar-refractivity contribution in [1.82, 2.24) is 9.55 Å². The van der Waals surface area contributed by atoms with Crippen LogP contribution >= 0.6 is 15.6 Å². The van der Waals surface area contributed by atoms with Gasteiger partial charge in [0.2, 0.25) is 0 Å². The van der Waals surface area contributed by atoms with E-state index in [4.69, 9.17) is 29.0 Å². The predicted molar refractivity (Wildman–Crippen MR) is 244 cm³/mol. The summed E-state index contributed by atoms with van der Waals surface area (Å²) < 4.78 is 56.5. The van der Waals surface area contributed by atoms with Crippen molar-refractivity contribution in [1.29, 1.82) is 0 Å². The monoisotopic (exact) mass is 963 g/mol. The Morgan fingerprint density at radius 1 is 0.846 bits per heavy atom. The van der Waals surface area contributed by atoms with Crippen LogP contribution in [0.25, 0.3) is 0 Å². The van der Waals surface area contributed by atoms with Crippen LogP contribution in [0.4, 0.5) is 5.82 Å². The van der Waals surface area contributed by atoms with E-state index >= 15 is 0 Å². The van der Waals surface area contributed by atoms with Gasteiger partial charge in [0.05, 0.1) is 19.3 Å². The lowest BCUT2D eigenvalue weighted by atomic mass is 10.0. The maximum atomic E-state index is 12.8. The number of rotatable bonds is 36. The fourth-order valence-electron chi connectivity index (χ4n) is 6.65. The maximum Gasteiger partial charge on any atom is 0.481 e. The van der Waals surface area contributed by atoms with Crippen LogP contribution in [0, 0.1) is 5.92 Å². The minimum Gasteiger partial charge on any atom is -0.462 e. The quantitative estimate of drug-likeness (QED) is 0.0127. The molecule has 1 fully saturated rings. The second kappa shape index (κ2) is 32.6. The third-order valence-electron chi connectivity index (χ3n) is 10.2. The van der Waals surface area contributed by atoms with Crippen LogP contribution in [0.2, 0.25) is 0 Å². The molecule has 0 spiro atoms. The molecule has 2 heterocycles. The second-order valence-corrected chi connectivity index (χ2v) is 19.6. The van der Waals surface area contributed by atoms with E-state index in [0.717, 1.165) is 75.0 Å². The number of nitrogens with two attached hydrogens (primary N) is 1. The molecule has 0 radical (unpaired) electrons. The van der Waals surface area contributed by atoms with Gasteiger partial charge in [0, 0.05) is 19.0 Å². The van der Waals surface area contributed by atoms with E-state index in [9.17, 15) is 48.6 Å². The third kappa shape index (κ3) is 26.8. The maximum absolute atomic E-state index is 12.8. The molecule has 0 bridgehead atoms. The number of aliphatic hydroxyl groups is 3. The molecule has 0 aromatic carbocycles.